The Hall–Kier alpha value is -1.18. The average molecular weight is 977 g/mol. The number of pyridine rings is 1. The number of furan rings is 1. The number of amides is 2. The normalized spacial score (nSPS) is 20.2. The molecule has 36 heavy (non-hydrogen) atoms. The van der Waals surface area contributed by atoms with E-state index in [1.54, 1.807) is 0 Å². The van der Waals surface area contributed by atoms with Gasteiger partial charge in [0.25, 0.3) is 5.91 Å². The minimum absolute atomic E-state index is 0. The molecule has 0 N–H and O–H groups in total. The van der Waals surface area contributed by atoms with Crippen molar-refractivity contribution >= 4 is 29.2 Å². The first-order valence-corrected chi connectivity index (χ1v) is 10.7. The van der Waals surface area contributed by atoms with Crippen molar-refractivity contribution in [2.75, 3.05) is 26.2 Å². The van der Waals surface area contributed by atoms with E-state index in [-0.39, 0.29) is 106 Å². The van der Waals surface area contributed by atoms with E-state index in [0.717, 1.165) is 15.4 Å². The monoisotopic (exact) mass is 976 g/mol. The zero-order chi connectivity index (χ0) is 24.2. The number of rotatable bonds is 3. The number of piperidine rings is 1. The number of cyclic esters (lactones) is 1. The van der Waals surface area contributed by atoms with Gasteiger partial charge >= 0.3 is 12.3 Å². The molecule has 0 bridgehead atoms. The summed E-state index contributed by atoms with van der Waals surface area (Å²) in [5, 5.41) is -0.323. The Balaban J connectivity index is 0.00000180. The van der Waals surface area contributed by atoms with Crippen molar-refractivity contribution in [1.82, 2.24) is 19.2 Å². The summed E-state index contributed by atoms with van der Waals surface area (Å²) < 4.78 is 67.1. The fourth-order valence-electron chi connectivity index (χ4n) is 4.33. The van der Waals surface area contributed by atoms with Gasteiger partial charge in [-0.15, -0.1) is 0 Å². The van der Waals surface area contributed by atoms with Crippen LogP contribution in [0.4, 0.5) is 22.4 Å². The molecule has 2 fully saturated rings. The Morgan fingerprint density at radius 3 is 2.53 bits per heavy atom. The maximum atomic E-state index is 14.9. The molecule has 5 heterocycles. The summed E-state index contributed by atoms with van der Waals surface area (Å²) in [5.74, 6) is -0.795. The van der Waals surface area contributed by atoms with E-state index in [2.05, 4.69) is 4.98 Å². The number of halogens is 5. The molecular weight excluding hydrogens is 960 g/mol. The second-order valence-corrected chi connectivity index (χ2v) is 8.39. The molecule has 2 saturated heterocycles. The fourth-order valence-corrected chi connectivity index (χ4v) is 4.58. The molecule has 3 aromatic rings. The topological polar surface area (TPSA) is 80.3 Å². The second kappa shape index (κ2) is 11.3. The number of aromatic nitrogens is 2. The van der Waals surface area contributed by atoms with Gasteiger partial charge in [0.15, 0.2) is 11.3 Å². The first-order chi connectivity index (χ1) is 16.1. The van der Waals surface area contributed by atoms with Crippen molar-refractivity contribution in [2.24, 2.45) is 0 Å². The van der Waals surface area contributed by atoms with E-state index in [4.69, 9.17) is 20.8 Å². The third-order valence-corrected chi connectivity index (χ3v) is 6.37. The summed E-state index contributed by atoms with van der Waals surface area (Å²) in [6.45, 7) is 0.146. The molecule has 2 aliphatic rings. The molecule has 0 radical (unpaired) electrons. The molecule has 2 atom stereocenters. The molecule has 2 unspecified atom stereocenters. The van der Waals surface area contributed by atoms with Crippen LogP contribution in [-0.2, 0) is 10.9 Å². The molecule has 2 aliphatic heterocycles. The van der Waals surface area contributed by atoms with Gasteiger partial charge in [-0.2, -0.15) is 13.2 Å². The van der Waals surface area contributed by atoms with E-state index in [1.807, 2.05) is 0 Å². The van der Waals surface area contributed by atoms with Crippen LogP contribution >= 0.6 is 11.6 Å². The molecule has 0 aromatic carbocycles. The van der Waals surface area contributed by atoms with Gasteiger partial charge in [0.2, 0.25) is 0 Å². The number of hydrogen-bond acceptors (Lipinski definition) is 5. The molecular formula is C21H17ClF4N4O4U2. The molecule has 8 nitrogen and oxygen atoms in total. The van der Waals surface area contributed by atoms with Gasteiger partial charge in [0, 0.05) is 86.1 Å². The zero-order valence-electron chi connectivity index (χ0n) is 18.4. The summed E-state index contributed by atoms with van der Waals surface area (Å²) in [7, 11) is 0. The first kappa shape index (κ1) is 29.4. The molecule has 188 valence electrons. The summed E-state index contributed by atoms with van der Waals surface area (Å²) in [4.78, 5) is 31.2. The quantitative estimate of drug-likeness (QED) is 0.367. The number of likely N-dealkylation sites (tertiary alicyclic amines) is 1. The van der Waals surface area contributed by atoms with Gasteiger partial charge in [-0.05, 0) is 18.6 Å². The van der Waals surface area contributed by atoms with Gasteiger partial charge in [-0.3, -0.25) is 14.1 Å². The van der Waals surface area contributed by atoms with Crippen LogP contribution in [0.2, 0.25) is 5.15 Å². The Morgan fingerprint density at radius 1 is 1.19 bits per heavy atom. The van der Waals surface area contributed by atoms with Crippen LogP contribution < -0.4 is 0 Å². The minimum atomic E-state index is -4.78. The summed E-state index contributed by atoms with van der Waals surface area (Å²) >= 11 is 6.31. The maximum Gasteiger partial charge on any atom is 0.420 e. The number of carbonyl (C=O) groups is 2. The van der Waals surface area contributed by atoms with Crippen LogP contribution in [0.5, 0.6) is 0 Å². The van der Waals surface area contributed by atoms with Crippen LogP contribution in [0.25, 0.3) is 16.8 Å². The van der Waals surface area contributed by atoms with Gasteiger partial charge < -0.3 is 14.1 Å². The predicted octanol–water partition coefficient (Wildman–Crippen LogP) is 4.27. The van der Waals surface area contributed by atoms with Gasteiger partial charge in [-0.25, -0.2) is 14.2 Å². The van der Waals surface area contributed by atoms with Gasteiger partial charge in [0.1, 0.15) is 17.9 Å². The van der Waals surface area contributed by atoms with Crippen molar-refractivity contribution in [1.29, 1.82) is 0 Å². The molecule has 3 aromatic heterocycles. The van der Waals surface area contributed by atoms with Crippen LogP contribution in [-0.4, -0.2) is 69.6 Å². The van der Waals surface area contributed by atoms with Crippen molar-refractivity contribution in [3.05, 3.63) is 47.3 Å². The Labute approximate surface area is 254 Å². The van der Waals surface area contributed by atoms with Crippen molar-refractivity contribution in [2.45, 2.75) is 24.8 Å². The maximum absolute atomic E-state index is 14.9. The van der Waals surface area contributed by atoms with Crippen LogP contribution in [0.15, 0.2) is 35.3 Å². The number of nitrogens with zero attached hydrogens (tertiary/aromatic N) is 4. The summed E-state index contributed by atoms with van der Waals surface area (Å²) in [5.41, 5.74) is -1.49. The van der Waals surface area contributed by atoms with Gasteiger partial charge in [-0.1, -0.05) is 11.6 Å². The largest absolute Gasteiger partial charge is 0.472 e. The molecule has 5 rings (SSSR count). The predicted molar refractivity (Wildman–Crippen MR) is 110 cm³/mol. The Morgan fingerprint density at radius 2 is 1.94 bits per heavy atom. The van der Waals surface area contributed by atoms with E-state index >= 15 is 0 Å². The number of alkyl halides is 4. The molecule has 0 saturated carbocycles. The Kier molecular flexibility index (Phi) is 9.21. The molecule has 15 heteroatoms. The second-order valence-electron chi connectivity index (χ2n) is 8.03. The fraction of sp³-hybridized carbons (Fsp3) is 0.381. The standard InChI is InChI=1S/C21H17ClF4N4O4.2U/c22-17-16(19(31)28-3-1-15(14(23)9-28)29-4-6-34-20(29)32)27-18-13(21(24,25)26)7-12(8-30(17)18)11-2-5-33-10-11;;/h2,5,7-8,10,14-15H,1,3-4,6,9H2;;. The summed E-state index contributed by atoms with van der Waals surface area (Å²) in [6.07, 6.45) is -2.88. The van der Waals surface area contributed by atoms with E-state index in [9.17, 15) is 27.2 Å². The number of hydrogen-bond donors (Lipinski definition) is 0. The number of ether oxygens (including phenoxy) is 1. The third kappa shape index (κ3) is 5.35. The summed E-state index contributed by atoms with van der Waals surface area (Å²) in [6, 6.07) is 1.64. The van der Waals surface area contributed by atoms with E-state index < -0.39 is 47.3 Å². The number of carbonyl (C=O) groups excluding carboxylic acids is 2. The van der Waals surface area contributed by atoms with Crippen LogP contribution in [0.3, 0.4) is 0 Å². The number of fused-ring (bicyclic) bond motifs is 1. The average Bonchev–Trinajstić information content (AvgIpc) is 3.53. The molecule has 2 amide bonds. The van der Waals surface area contributed by atoms with E-state index in [0.29, 0.717) is 5.56 Å². The van der Waals surface area contributed by atoms with Crippen LogP contribution in [0.1, 0.15) is 22.5 Å². The zero-order valence-corrected chi connectivity index (χ0v) is 27.5. The van der Waals surface area contributed by atoms with Crippen molar-refractivity contribution in [3.63, 3.8) is 0 Å². The number of imidazole rings is 1. The molecule has 0 spiro atoms. The van der Waals surface area contributed by atoms with Gasteiger partial charge in [0.05, 0.1) is 37.2 Å². The minimum Gasteiger partial charge on any atom is -0.472 e. The van der Waals surface area contributed by atoms with Crippen molar-refractivity contribution in [3.8, 4) is 11.1 Å². The third-order valence-electron chi connectivity index (χ3n) is 6.01. The smallest absolute Gasteiger partial charge is 0.420 e. The van der Waals surface area contributed by atoms with E-state index in [1.165, 1.54) is 29.7 Å². The first-order valence-electron chi connectivity index (χ1n) is 10.3. The Bertz CT molecular complexity index is 1270. The SMILES string of the molecule is O=C(c1nc2c(C(F)(F)F)cc(-c3ccoc3)cn2c1Cl)N1CCC(N2CCOC2=O)C(F)C1.[U].[U]. The van der Waals surface area contributed by atoms with Crippen molar-refractivity contribution < 1.29 is 98.5 Å². The van der Waals surface area contributed by atoms with Crippen LogP contribution in [0, 0.1) is 62.2 Å². The molecule has 0 aliphatic carbocycles.